The van der Waals surface area contributed by atoms with Crippen LogP contribution in [0.4, 0.5) is 0 Å². The monoisotopic (exact) mass is 284 g/mol. The summed E-state index contributed by atoms with van der Waals surface area (Å²) >= 11 is 0. The molecule has 1 unspecified atom stereocenters. The number of hydrogen-bond acceptors (Lipinski definition) is 4. The van der Waals surface area contributed by atoms with Crippen molar-refractivity contribution in [3.63, 3.8) is 0 Å². The Morgan fingerprint density at radius 1 is 1.19 bits per heavy atom. The zero-order chi connectivity index (χ0) is 15.0. The summed E-state index contributed by atoms with van der Waals surface area (Å²) in [6, 6.07) is 12.2. The van der Waals surface area contributed by atoms with Crippen LogP contribution < -0.4 is 4.74 Å². The lowest BCUT2D eigenvalue weighted by molar-refractivity contribution is -0.0195. The highest BCUT2D eigenvalue weighted by molar-refractivity contribution is 5.93. The molecule has 0 aliphatic carbocycles. The molecule has 0 amide bonds. The summed E-state index contributed by atoms with van der Waals surface area (Å²) in [5.41, 5.74) is 1.00. The van der Waals surface area contributed by atoms with E-state index in [9.17, 15) is 9.90 Å². The summed E-state index contributed by atoms with van der Waals surface area (Å²) in [6.07, 6.45) is 0.454. The number of cyclic esters (lactones) is 1. The van der Waals surface area contributed by atoms with Crippen molar-refractivity contribution >= 4 is 5.97 Å². The zero-order valence-corrected chi connectivity index (χ0v) is 11.9. The van der Waals surface area contributed by atoms with Crippen LogP contribution in [0.3, 0.4) is 0 Å². The first kappa shape index (κ1) is 13.5. The van der Waals surface area contributed by atoms with Gasteiger partial charge in [0.1, 0.15) is 17.1 Å². The molecule has 4 heteroatoms. The second kappa shape index (κ2) is 4.81. The lowest BCUT2D eigenvalue weighted by Gasteiger charge is -2.35. The van der Waals surface area contributed by atoms with Gasteiger partial charge in [0, 0.05) is 17.5 Å². The van der Waals surface area contributed by atoms with E-state index in [0.29, 0.717) is 23.3 Å². The van der Waals surface area contributed by atoms with Crippen molar-refractivity contribution in [1.29, 1.82) is 0 Å². The molecule has 0 fully saturated rings. The van der Waals surface area contributed by atoms with Gasteiger partial charge < -0.3 is 14.6 Å². The molecule has 1 aliphatic heterocycles. The molecule has 0 radical (unpaired) electrons. The molecule has 1 N–H and O–H groups in total. The Morgan fingerprint density at radius 2 is 1.95 bits per heavy atom. The summed E-state index contributed by atoms with van der Waals surface area (Å²) in [5, 5.41) is 10.1. The van der Waals surface area contributed by atoms with Gasteiger partial charge in [0.2, 0.25) is 0 Å². The lowest BCUT2D eigenvalue weighted by atomic mass is 9.84. The normalized spacial score (nSPS) is 20.6. The largest absolute Gasteiger partial charge is 0.508 e. The fourth-order valence-corrected chi connectivity index (χ4v) is 2.83. The summed E-state index contributed by atoms with van der Waals surface area (Å²) < 4.78 is 11.0. The molecule has 1 heterocycles. The van der Waals surface area contributed by atoms with Crippen LogP contribution in [0.1, 0.15) is 28.4 Å². The quantitative estimate of drug-likeness (QED) is 0.861. The van der Waals surface area contributed by atoms with Gasteiger partial charge in [0.15, 0.2) is 0 Å². The van der Waals surface area contributed by atoms with Gasteiger partial charge in [-0.15, -0.1) is 0 Å². The Labute approximate surface area is 122 Å². The molecule has 108 valence electrons. The molecule has 3 rings (SSSR count). The van der Waals surface area contributed by atoms with Gasteiger partial charge in [-0.3, -0.25) is 0 Å². The highest BCUT2D eigenvalue weighted by atomic mass is 16.6. The third-order valence-electron chi connectivity index (χ3n) is 3.88. The minimum atomic E-state index is -0.913. The van der Waals surface area contributed by atoms with Crippen molar-refractivity contribution in [2.75, 3.05) is 7.11 Å². The van der Waals surface area contributed by atoms with Gasteiger partial charge in [-0.05, 0) is 25.1 Å². The molecule has 0 saturated heterocycles. The number of carbonyl (C=O) groups is 1. The third-order valence-corrected chi connectivity index (χ3v) is 3.88. The molecular weight excluding hydrogens is 268 g/mol. The average molecular weight is 284 g/mol. The van der Waals surface area contributed by atoms with E-state index in [1.54, 1.807) is 44.4 Å². The third kappa shape index (κ3) is 2.13. The molecule has 4 nitrogen and oxygen atoms in total. The highest BCUT2D eigenvalue weighted by Gasteiger charge is 2.40. The number of fused-ring (bicyclic) bond motifs is 1. The Bertz CT molecular complexity index is 708. The standard InChI is InChI=1S/C17H16O4/c1-17(13-7-3-4-8-14(13)18)10-12-11(16(19)21-17)6-5-9-15(12)20-2/h3-9,18H,10H2,1-2H3. The Morgan fingerprint density at radius 3 is 2.67 bits per heavy atom. The van der Waals surface area contributed by atoms with E-state index < -0.39 is 11.6 Å². The first-order valence-corrected chi connectivity index (χ1v) is 6.73. The van der Waals surface area contributed by atoms with Crippen molar-refractivity contribution < 1.29 is 19.4 Å². The number of methoxy groups -OCH3 is 1. The molecule has 1 aliphatic rings. The van der Waals surface area contributed by atoms with E-state index in [1.165, 1.54) is 0 Å². The molecule has 0 bridgehead atoms. The number of phenolic OH excluding ortho intramolecular Hbond substituents is 1. The van der Waals surface area contributed by atoms with Crippen molar-refractivity contribution in [3.8, 4) is 11.5 Å². The van der Waals surface area contributed by atoms with Crippen LogP contribution in [0.25, 0.3) is 0 Å². The smallest absolute Gasteiger partial charge is 0.339 e. The lowest BCUT2D eigenvalue weighted by Crippen LogP contribution is -2.36. The molecule has 0 spiro atoms. The van der Waals surface area contributed by atoms with E-state index in [2.05, 4.69) is 0 Å². The number of esters is 1. The molecule has 21 heavy (non-hydrogen) atoms. The fraction of sp³-hybridized carbons (Fsp3) is 0.235. The number of hydrogen-bond donors (Lipinski definition) is 1. The minimum absolute atomic E-state index is 0.117. The zero-order valence-electron chi connectivity index (χ0n) is 11.9. The number of benzene rings is 2. The van der Waals surface area contributed by atoms with E-state index in [0.717, 1.165) is 5.56 Å². The SMILES string of the molecule is COc1cccc2c1CC(C)(c1ccccc1O)OC2=O. The molecule has 2 aromatic rings. The van der Waals surface area contributed by atoms with Crippen molar-refractivity contribution in [3.05, 3.63) is 59.2 Å². The van der Waals surface area contributed by atoms with Crippen LogP contribution in [-0.2, 0) is 16.8 Å². The van der Waals surface area contributed by atoms with Gasteiger partial charge >= 0.3 is 5.97 Å². The number of rotatable bonds is 2. The van der Waals surface area contributed by atoms with Gasteiger partial charge in [-0.1, -0.05) is 24.3 Å². The summed E-state index contributed by atoms with van der Waals surface area (Å²) in [6.45, 7) is 1.80. The molecular formula is C17H16O4. The van der Waals surface area contributed by atoms with E-state index in [-0.39, 0.29) is 5.75 Å². The van der Waals surface area contributed by atoms with E-state index >= 15 is 0 Å². The van der Waals surface area contributed by atoms with Crippen LogP contribution in [0.2, 0.25) is 0 Å². The fourth-order valence-electron chi connectivity index (χ4n) is 2.83. The molecule has 2 aromatic carbocycles. The van der Waals surface area contributed by atoms with Gasteiger partial charge in [-0.25, -0.2) is 4.79 Å². The average Bonchev–Trinajstić information content (AvgIpc) is 2.47. The first-order valence-electron chi connectivity index (χ1n) is 6.73. The topological polar surface area (TPSA) is 55.8 Å². The molecule has 1 atom stereocenters. The van der Waals surface area contributed by atoms with Gasteiger partial charge in [-0.2, -0.15) is 0 Å². The van der Waals surface area contributed by atoms with E-state index in [1.807, 2.05) is 12.1 Å². The highest BCUT2D eigenvalue weighted by Crippen LogP contribution is 2.42. The van der Waals surface area contributed by atoms with Crippen LogP contribution in [0, 0.1) is 0 Å². The van der Waals surface area contributed by atoms with E-state index in [4.69, 9.17) is 9.47 Å². The van der Waals surface area contributed by atoms with Crippen molar-refractivity contribution in [2.24, 2.45) is 0 Å². The van der Waals surface area contributed by atoms with Gasteiger partial charge in [0.25, 0.3) is 0 Å². The van der Waals surface area contributed by atoms with Crippen LogP contribution >= 0.6 is 0 Å². The predicted octanol–water partition coefficient (Wildman–Crippen LogP) is 3.03. The van der Waals surface area contributed by atoms with Gasteiger partial charge in [0.05, 0.1) is 12.7 Å². The summed E-state index contributed by atoms with van der Waals surface area (Å²) in [4.78, 5) is 12.3. The number of ether oxygens (including phenoxy) is 2. The summed E-state index contributed by atoms with van der Waals surface area (Å²) in [7, 11) is 1.58. The maximum atomic E-state index is 12.3. The number of phenols is 1. The second-order valence-electron chi connectivity index (χ2n) is 5.30. The Hall–Kier alpha value is -2.49. The number of aromatic hydroxyl groups is 1. The summed E-state index contributed by atoms with van der Waals surface area (Å²) in [5.74, 6) is 0.373. The minimum Gasteiger partial charge on any atom is -0.508 e. The van der Waals surface area contributed by atoms with Crippen LogP contribution in [-0.4, -0.2) is 18.2 Å². The second-order valence-corrected chi connectivity index (χ2v) is 5.30. The van der Waals surface area contributed by atoms with Crippen LogP contribution in [0.5, 0.6) is 11.5 Å². The molecule has 0 saturated carbocycles. The Kier molecular flexibility index (Phi) is 3.09. The number of para-hydroxylation sites is 1. The first-order chi connectivity index (χ1) is 10.0. The predicted molar refractivity (Wildman–Crippen MR) is 77.6 cm³/mol. The van der Waals surface area contributed by atoms with Crippen molar-refractivity contribution in [1.82, 2.24) is 0 Å². The maximum Gasteiger partial charge on any atom is 0.339 e. The molecule has 0 aromatic heterocycles. The Balaban J connectivity index is 2.13. The van der Waals surface area contributed by atoms with Crippen LogP contribution in [0.15, 0.2) is 42.5 Å². The van der Waals surface area contributed by atoms with Crippen molar-refractivity contribution in [2.45, 2.75) is 18.9 Å². The number of carbonyl (C=O) groups excluding carboxylic acids is 1. The maximum absolute atomic E-state index is 12.3.